The first-order valence-electron chi connectivity index (χ1n) is 11.3. The van der Waals surface area contributed by atoms with Gasteiger partial charge in [0.05, 0.1) is 36.7 Å². The lowest BCUT2D eigenvalue weighted by atomic mass is 9.72. The SMILES string of the molecule is BC1(N2CCC(c3cc4nc(Nc5cnn(C6CC6)c5Cl)ncc4cc3Cl)CC2)COC1. The standard InChI is InChI=1S/C22H25BCl2N6O/c23-22(11-32-12-22)30-5-3-13(4-6-30)16-8-18-14(7-17(16)24)9-26-21(28-18)29-19-10-27-31(20(19)25)15-1-2-15/h7-10,13,15H,1-6,11-12,23H2,(H,26,28,29). The smallest absolute Gasteiger partial charge is 0.227 e. The molecule has 6 rings (SSSR count). The summed E-state index contributed by atoms with van der Waals surface area (Å²) in [5.41, 5.74) is 3.00. The van der Waals surface area contributed by atoms with Crippen molar-refractivity contribution in [3.05, 3.63) is 40.3 Å². The molecular weight excluding hydrogens is 446 g/mol. The number of ether oxygens (including phenoxy) is 1. The first kappa shape index (κ1) is 20.7. The van der Waals surface area contributed by atoms with Crippen molar-refractivity contribution >= 4 is 53.6 Å². The third-order valence-electron chi connectivity index (χ3n) is 7.10. The van der Waals surface area contributed by atoms with Crippen LogP contribution in [0.25, 0.3) is 10.9 Å². The predicted octanol–water partition coefficient (Wildman–Crippen LogP) is 3.75. The fraction of sp³-hybridized carbons (Fsp3) is 0.500. The van der Waals surface area contributed by atoms with Crippen LogP contribution in [0.3, 0.4) is 0 Å². The van der Waals surface area contributed by atoms with Gasteiger partial charge in [0, 0.05) is 22.0 Å². The first-order chi connectivity index (χ1) is 15.5. The van der Waals surface area contributed by atoms with E-state index >= 15 is 0 Å². The zero-order chi connectivity index (χ0) is 21.9. The van der Waals surface area contributed by atoms with Crippen molar-refractivity contribution in [1.29, 1.82) is 0 Å². The van der Waals surface area contributed by atoms with Crippen molar-refractivity contribution in [2.45, 2.75) is 43.1 Å². The lowest BCUT2D eigenvalue weighted by Crippen LogP contribution is -2.64. The number of anilines is 2. The maximum Gasteiger partial charge on any atom is 0.227 e. The summed E-state index contributed by atoms with van der Waals surface area (Å²) in [7, 11) is 2.30. The molecule has 3 fully saturated rings. The van der Waals surface area contributed by atoms with E-state index in [1.165, 1.54) is 5.56 Å². The number of hydrogen-bond acceptors (Lipinski definition) is 6. The largest absolute Gasteiger partial charge is 0.379 e. The first-order valence-corrected chi connectivity index (χ1v) is 12.0. The van der Waals surface area contributed by atoms with Gasteiger partial charge in [0.25, 0.3) is 0 Å². The van der Waals surface area contributed by atoms with E-state index < -0.39 is 0 Å². The van der Waals surface area contributed by atoms with Crippen molar-refractivity contribution in [1.82, 2.24) is 24.6 Å². The number of nitrogens with zero attached hydrogens (tertiary/aromatic N) is 5. The second-order valence-electron chi connectivity index (χ2n) is 9.53. The van der Waals surface area contributed by atoms with Gasteiger partial charge >= 0.3 is 0 Å². The highest BCUT2D eigenvalue weighted by atomic mass is 35.5. The normalized spacial score (nSPS) is 21.6. The van der Waals surface area contributed by atoms with E-state index in [0.29, 0.717) is 23.1 Å². The maximum atomic E-state index is 6.70. The Kier molecular flexibility index (Phi) is 5.10. The molecule has 0 amide bonds. The van der Waals surface area contributed by atoms with E-state index in [-0.39, 0.29) is 5.44 Å². The van der Waals surface area contributed by atoms with Gasteiger partial charge in [-0.2, -0.15) is 5.10 Å². The van der Waals surface area contributed by atoms with E-state index in [1.54, 1.807) is 12.4 Å². The lowest BCUT2D eigenvalue weighted by Gasteiger charge is -2.50. The Bertz CT molecular complexity index is 1170. The van der Waals surface area contributed by atoms with Crippen molar-refractivity contribution in [3.8, 4) is 0 Å². The Balaban J connectivity index is 1.22. The highest BCUT2D eigenvalue weighted by Gasteiger charge is 2.40. The van der Waals surface area contributed by atoms with Crippen molar-refractivity contribution < 1.29 is 4.74 Å². The summed E-state index contributed by atoms with van der Waals surface area (Å²) in [5, 5.41) is 9.95. The van der Waals surface area contributed by atoms with Crippen molar-refractivity contribution in [2.24, 2.45) is 0 Å². The molecule has 3 aliphatic rings. The Morgan fingerprint density at radius 1 is 1.09 bits per heavy atom. The molecule has 1 aliphatic carbocycles. The third-order valence-corrected chi connectivity index (χ3v) is 7.80. The van der Waals surface area contributed by atoms with Gasteiger partial charge in [0.15, 0.2) is 5.15 Å². The minimum absolute atomic E-state index is 0.209. The molecule has 166 valence electrons. The average Bonchev–Trinajstić information content (AvgIpc) is 3.56. The quantitative estimate of drug-likeness (QED) is 0.572. The van der Waals surface area contributed by atoms with Gasteiger partial charge in [0.1, 0.15) is 7.85 Å². The number of fused-ring (bicyclic) bond motifs is 1. The average molecular weight is 471 g/mol. The predicted molar refractivity (Wildman–Crippen MR) is 129 cm³/mol. The summed E-state index contributed by atoms with van der Waals surface area (Å²) < 4.78 is 7.32. The molecule has 0 spiro atoms. The second kappa shape index (κ2) is 7.87. The summed E-state index contributed by atoms with van der Waals surface area (Å²) in [6.07, 6.45) is 7.98. The lowest BCUT2D eigenvalue weighted by molar-refractivity contribution is -0.0983. The molecule has 0 radical (unpaired) electrons. The highest BCUT2D eigenvalue weighted by Crippen LogP contribution is 2.40. The van der Waals surface area contributed by atoms with Crippen LogP contribution in [0.5, 0.6) is 0 Å². The fourth-order valence-corrected chi connectivity index (χ4v) is 5.48. The third kappa shape index (κ3) is 3.67. The van der Waals surface area contributed by atoms with Crippen LogP contribution >= 0.6 is 23.2 Å². The van der Waals surface area contributed by atoms with Crippen LogP contribution in [0.15, 0.2) is 24.5 Å². The van der Waals surface area contributed by atoms with Gasteiger partial charge in [-0.1, -0.05) is 23.2 Å². The Morgan fingerprint density at radius 3 is 2.56 bits per heavy atom. The highest BCUT2D eigenvalue weighted by molar-refractivity contribution is 6.32. The number of rotatable bonds is 5. The van der Waals surface area contributed by atoms with Gasteiger partial charge in [-0.3, -0.25) is 0 Å². The van der Waals surface area contributed by atoms with Gasteiger partial charge in [-0.15, -0.1) is 0 Å². The molecule has 4 heterocycles. The Labute approximate surface area is 197 Å². The van der Waals surface area contributed by atoms with Crippen LogP contribution in [0, 0.1) is 0 Å². The molecule has 1 N–H and O–H groups in total. The summed E-state index contributed by atoms with van der Waals surface area (Å²) in [5.74, 6) is 0.945. The Morgan fingerprint density at radius 2 is 1.88 bits per heavy atom. The van der Waals surface area contributed by atoms with E-state index in [1.807, 2.05) is 10.7 Å². The molecule has 2 aromatic heterocycles. The number of benzene rings is 1. The molecule has 32 heavy (non-hydrogen) atoms. The number of hydrogen-bond donors (Lipinski definition) is 1. The molecule has 0 unspecified atom stereocenters. The topological polar surface area (TPSA) is 68.1 Å². The minimum Gasteiger partial charge on any atom is -0.379 e. The van der Waals surface area contributed by atoms with Crippen LogP contribution in [0.4, 0.5) is 11.6 Å². The summed E-state index contributed by atoms with van der Waals surface area (Å²) in [6.45, 7) is 3.81. The molecule has 2 aliphatic heterocycles. The molecule has 2 saturated heterocycles. The number of piperidine rings is 1. The minimum atomic E-state index is 0.209. The number of aromatic nitrogens is 4. The molecule has 3 aromatic rings. The van der Waals surface area contributed by atoms with Crippen LogP contribution in [0.1, 0.15) is 43.2 Å². The van der Waals surface area contributed by atoms with Crippen LogP contribution in [-0.2, 0) is 4.74 Å². The van der Waals surface area contributed by atoms with Crippen LogP contribution in [0.2, 0.25) is 10.2 Å². The van der Waals surface area contributed by atoms with Gasteiger partial charge in [0.2, 0.25) is 5.95 Å². The second-order valence-corrected chi connectivity index (χ2v) is 10.3. The zero-order valence-corrected chi connectivity index (χ0v) is 19.5. The number of likely N-dealkylation sites (tertiary alicyclic amines) is 1. The van der Waals surface area contributed by atoms with Crippen molar-refractivity contribution in [2.75, 3.05) is 31.6 Å². The van der Waals surface area contributed by atoms with Gasteiger partial charge in [-0.25, -0.2) is 14.6 Å². The summed E-state index contributed by atoms with van der Waals surface area (Å²) >= 11 is 13.2. The van der Waals surface area contributed by atoms with E-state index in [0.717, 1.165) is 73.6 Å². The molecule has 7 nitrogen and oxygen atoms in total. The molecule has 1 saturated carbocycles. The molecular formula is C22H25BCl2N6O. The Hall–Kier alpha value is -1.87. The molecule has 0 atom stereocenters. The van der Waals surface area contributed by atoms with Crippen LogP contribution in [-0.4, -0.2) is 64.2 Å². The number of nitrogens with one attached hydrogen (secondary N) is 1. The van der Waals surface area contributed by atoms with Crippen LogP contribution < -0.4 is 5.32 Å². The monoisotopic (exact) mass is 470 g/mol. The number of halogens is 2. The maximum absolute atomic E-state index is 6.70. The fourth-order valence-electron chi connectivity index (χ4n) is 4.88. The summed E-state index contributed by atoms with van der Waals surface area (Å²) in [6, 6.07) is 4.54. The van der Waals surface area contributed by atoms with E-state index in [9.17, 15) is 0 Å². The van der Waals surface area contributed by atoms with Gasteiger partial charge in [-0.05, 0) is 62.4 Å². The van der Waals surface area contributed by atoms with Crippen molar-refractivity contribution in [3.63, 3.8) is 0 Å². The van der Waals surface area contributed by atoms with E-state index in [2.05, 4.69) is 34.2 Å². The summed E-state index contributed by atoms with van der Waals surface area (Å²) in [4.78, 5) is 11.8. The molecule has 0 bridgehead atoms. The molecule has 1 aromatic carbocycles. The molecule has 10 heteroatoms. The van der Waals surface area contributed by atoms with Gasteiger partial charge < -0.3 is 15.0 Å². The van der Waals surface area contributed by atoms with E-state index in [4.69, 9.17) is 32.9 Å². The zero-order valence-electron chi connectivity index (χ0n) is 18.0.